The molecular weight excluding hydrogens is 366 g/mol. The molecule has 1 aromatic rings. The standard InChI is InChI=1S/C15H20BrN3O2S/c1-10-4-5-12(13(16)8-10)6-7-14(20)18-19-15(22)17-11(2)9-21-3/h4-8,11H,9H2,1-3H3,(H,18,20)(H2,17,19,22)/b7-6+/t11-/m0/s1. The Hall–Kier alpha value is -1.44. The van der Waals surface area contributed by atoms with Gasteiger partial charge in [0, 0.05) is 23.7 Å². The Morgan fingerprint density at radius 1 is 1.45 bits per heavy atom. The molecule has 0 aliphatic rings. The number of halogens is 1. The molecule has 0 radical (unpaired) electrons. The van der Waals surface area contributed by atoms with Gasteiger partial charge in [-0.25, -0.2) is 0 Å². The van der Waals surface area contributed by atoms with Gasteiger partial charge in [0.2, 0.25) is 0 Å². The first-order valence-corrected chi connectivity index (χ1v) is 7.92. The molecular formula is C15H20BrN3O2S. The first-order chi connectivity index (χ1) is 10.4. The number of nitrogens with one attached hydrogen (secondary N) is 3. The van der Waals surface area contributed by atoms with Crippen LogP contribution in [-0.4, -0.2) is 30.8 Å². The summed E-state index contributed by atoms with van der Waals surface area (Å²) in [7, 11) is 1.62. The highest BCUT2D eigenvalue weighted by Crippen LogP contribution is 2.19. The second-order valence-corrected chi connectivity index (χ2v) is 6.06. The molecule has 1 aromatic carbocycles. The lowest BCUT2D eigenvalue weighted by Crippen LogP contribution is -2.49. The number of rotatable bonds is 5. The smallest absolute Gasteiger partial charge is 0.262 e. The lowest BCUT2D eigenvalue weighted by molar-refractivity contribution is -0.116. The maximum Gasteiger partial charge on any atom is 0.262 e. The second kappa shape index (κ2) is 9.55. The molecule has 5 nitrogen and oxygen atoms in total. The Bertz CT molecular complexity index is 564. The number of carbonyl (C=O) groups is 1. The maximum absolute atomic E-state index is 11.7. The number of thiocarbonyl (C=S) groups is 1. The SMILES string of the molecule is COC[C@H](C)NC(=S)NNC(=O)/C=C/c1ccc(C)cc1Br. The molecule has 0 heterocycles. The van der Waals surface area contributed by atoms with Crippen molar-refractivity contribution < 1.29 is 9.53 Å². The number of benzene rings is 1. The summed E-state index contributed by atoms with van der Waals surface area (Å²) in [5.41, 5.74) is 7.21. The van der Waals surface area contributed by atoms with Crippen LogP contribution in [0.1, 0.15) is 18.1 Å². The van der Waals surface area contributed by atoms with E-state index in [-0.39, 0.29) is 11.9 Å². The summed E-state index contributed by atoms with van der Waals surface area (Å²) in [4.78, 5) is 11.7. The van der Waals surface area contributed by atoms with Gasteiger partial charge in [0.15, 0.2) is 5.11 Å². The number of hydrogen-bond acceptors (Lipinski definition) is 3. The van der Waals surface area contributed by atoms with Gasteiger partial charge in [0.1, 0.15) is 0 Å². The van der Waals surface area contributed by atoms with Crippen molar-refractivity contribution in [3.8, 4) is 0 Å². The highest BCUT2D eigenvalue weighted by Gasteiger charge is 2.04. The van der Waals surface area contributed by atoms with Crippen LogP contribution in [0.4, 0.5) is 0 Å². The summed E-state index contributed by atoms with van der Waals surface area (Å²) in [6, 6.07) is 5.97. The highest BCUT2D eigenvalue weighted by molar-refractivity contribution is 9.10. The summed E-state index contributed by atoms with van der Waals surface area (Å²) in [5, 5.41) is 3.31. The van der Waals surface area contributed by atoms with Crippen molar-refractivity contribution in [2.75, 3.05) is 13.7 Å². The van der Waals surface area contributed by atoms with Gasteiger partial charge in [-0.2, -0.15) is 0 Å². The van der Waals surface area contributed by atoms with Crippen LogP contribution >= 0.6 is 28.1 Å². The largest absolute Gasteiger partial charge is 0.383 e. The van der Waals surface area contributed by atoms with E-state index in [0.29, 0.717) is 11.7 Å². The molecule has 0 fully saturated rings. The van der Waals surface area contributed by atoms with Crippen LogP contribution in [0.15, 0.2) is 28.7 Å². The normalized spacial score (nSPS) is 12.0. The lowest BCUT2D eigenvalue weighted by atomic mass is 10.1. The number of ether oxygens (including phenoxy) is 1. The van der Waals surface area contributed by atoms with Crippen molar-refractivity contribution >= 4 is 45.2 Å². The Morgan fingerprint density at radius 3 is 2.82 bits per heavy atom. The van der Waals surface area contributed by atoms with Crippen LogP contribution in [-0.2, 0) is 9.53 Å². The maximum atomic E-state index is 11.7. The number of amides is 1. The molecule has 0 aliphatic heterocycles. The zero-order valence-electron chi connectivity index (χ0n) is 12.8. The molecule has 0 unspecified atom stereocenters. The molecule has 7 heteroatoms. The molecule has 0 saturated carbocycles. The summed E-state index contributed by atoms with van der Waals surface area (Å²) < 4.78 is 5.92. The summed E-state index contributed by atoms with van der Waals surface area (Å²) in [5.74, 6) is -0.295. The first-order valence-electron chi connectivity index (χ1n) is 6.72. The fraction of sp³-hybridized carbons (Fsp3) is 0.333. The van der Waals surface area contributed by atoms with Gasteiger partial charge < -0.3 is 10.1 Å². The van der Waals surface area contributed by atoms with Crippen molar-refractivity contribution in [2.45, 2.75) is 19.9 Å². The van der Waals surface area contributed by atoms with Gasteiger partial charge in [0.05, 0.1) is 6.61 Å². The molecule has 1 rings (SSSR count). The second-order valence-electron chi connectivity index (χ2n) is 4.80. The number of carbonyl (C=O) groups excluding carboxylic acids is 1. The molecule has 1 atom stereocenters. The van der Waals surface area contributed by atoms with Crippen LogP contribution < -0.4 is 16.2 Å². The predicted molar refractivity (Wildman–Crippen MR) is 96.3 cm³/mol. The molecule has 0 aliphatic carbocycles. The molecule has 1 amide bonds. The monoisotopic (exact) mass is 385 g/mol. The van der Waals surface area contributed by atoms with Crippen molar-refractivity contribution in [3.63, 3.8) is 0 Å². The number of hydrazine groups is 1. The zero-order chi connectivity index (χ0) is 16.5. The van der Waals surface area contributed by atoms with Crippen LogP contribution in [0.5, 0.6) is 0 Å². The average Bonchev–Trinajstić information content (AvgIpc) is 2.44. The molecule has 22 heavy (non-hydrogen) atoms. The summed E-state index contributed by atoms with van der Waals surface area (Å²) in [6.45, 7) is 4.46. The third kappa shape index (κ3) is 7.02. The number of aryl methyl sites for hydroxylation is 1. The Labute approximate surface area is 144 Å². The van der Waals surface area contributed by atoms with Gasteiger partial charge in [-0.05, 0) is 49.3 Å². The van der Waals surface area contributed by atoms with Gasteiger partial charge in [-0.3, -0.25) is 15.6 Å². The quantitative estimate of drug-likeness (QED) is 0.412. The Kier molecular flexibility index (Phi) is 8.08. The topological polar surface area (TPSA) is 62.4 Å². The minimum absolute atomic E-state index is 0.0564. The van der Waals surface area contributed by atoms with Crippen molar-refractivity contribution in [3.05, 3.63) is 39.9 Å². The van der Waals surface area contributed by atoms with Crippen LogP contribution in [0, 0.1) is 6.92 Å². The molecule has 0 saturated heterocycles. The fourth-order valence-corrected chi connectivity index (χ4v) is 2.52. The van der Waals surface area contributed by atoms with Gasteiger partial charge >= 0.3 is 0 Å². The first kappa shape index (κ1) is 18.6. The minimum atomic E-state index is -0.295. The highest BCUT2D eigenvalue weighted by atomic mass is 79.9. The Morgan fingerprint density at radius 2 is 2.18 bits per heavy atom. The van der Waals surface area contributed by atoms with E-state index in [1.807, 2.05) is 32.0 Å². The van der Waals surface area contributed by atoms with Crippen molar-refractivity contribution in [1.29, 1.82) is 0 Å². The van der Waals surface area contributed by atoms with E-state index >= 15 is 0 Å². The van der Waals surface area contributed by atoms with Gasteiger partial charge in [0.25, 0.3) is 5.91 Å². The molecule has 0 spiro atoms. The number of methoxy groups -OCH3 is 1. The van der Waals surface area contributed by atoms with Crippen LogP contribution in [0.3, 0.4) is 0 Å². The average molecular weight is 386 g/mol. The molecule has 0 aromatic heterocycles. The zero-order valence-corrected chi connectivity index (χ0v) is 15.2. The van der Waals surface area contributed by atoms with Gasteiger partial charge in [-0.1, -0.05) is 28.1 Å². The van der Waals surface area contributed by atoms with Crippen molar-refractivity contribution in [2.24, 2.45) is 0 Å². The third-order valence-electron chi connectivity index (χ3n) is 2.66. The predicted octanol–water partition coefficient (Wildman–Crippen LogP) is 2.30. The fourth-order valence-electron chi connectivity index (χ4n) is 1.64. The molecule has 120 valence electrons. The summed E-state index contributed by atoms with van der Waals surface area (Å²) >= 11 is 8.51. The van der Waals surface area contributed by atoms with E-state index in [4.69, 9.17) is 17.0 Å². The number of hydrogen-bond donors (Lipinski definition) is 3. The van der Waals surface area contributed by atoms with E-state index in [2.05, 4.69) is 32.1 Å². The van der Waals surface area contributed by atoms with E-state index < -0.39 is 0 Å². The third-order valence-corrected chi connectivity index (χ3v) is 3.57. The lowest BCUT2D eigenvalue weighted by Gasteiger charge is -2.15. The van der Waals surface area contributed by atoms with Crippen LogP contribution in [0.2, 0.25) is 0 Å². The van der Waals surface area contributed by atoms with E-state index in [1.54, 1.807) is 13.2 Å². The van der Waals surface area contributed by atoms with E-state index in [1.165, 1.54) is 6.08 Å². The van der Waals surface area contributed by atoms with E-state index in [9.17, 15) is 4.79 Å². The van der Waals surface area contributed by atoms with Crippen molar-refractivity contribution in [1.82, 2.24) is 16.2 Å². The Balaban J connectivity index is 2.43. The molecule has 0 bridgehead atoms. The van der Waals surface area contributed by atoms with Gasteiger partial charge in [-0.15, -0.1) is 0 Å². The minimum Gasteiger partial charge on any atom is -0.383 e. The van der Waals surface area contributed by atoms with Crippen LogP contribution in [0.25, 0.3) is 6.08 Å². The van der Waals surface area contributed by atoms with E-state index in [0.717, 1.165) is 15.6 Å². The summed E-state index contributed by atoms with van der Waals surface area (Å²) in [6.07, 6.45) is 3.16. The molecule has 3 N–H and O–H groups in total.